The van der Waals surface area contributed by atoms with Crippen LogP contribution in [0.15, 0.2) is 23.5 Å². The quantitative estimate of drug-likeness (QED) is 0.488. The minimum Gasteiger partial charge on any atom is -0.515 e. The van der Waals surface area contributed by atoms with Gasteiger partial charge in [0, 0.05) is 0 Å². The summed E-state index contributed by atoms with van der Waals surface area (Å²) in [5.74, 6) is 0.671. The first-order chi connectivity index (χ1) is 4.40. The molecule has 0 heterocycles. The van der Waals surface area contributed by atoms with E-state index in [4.69, 9.17) is 5.11 Å². The molecular weight excluding hydrogens is 112 g/mol. The van der Waals surface area contributed by atoms with Gasteiger partial charge in [-0.3, -0.25) is 0 Å². The van der Waals surface area contributed by atoms with Gasteiger partial charge in [0.05, 0.1) is 6.26 Å². The number of hydrogen-bond acceptors (Lipinski definition) is 1. The summed E-state index contributed by atoms with van der Waals surface area (Å²) >= 11 is 0. The van der Waals surface area contributed by atoms with Crippen LogP contribution in [0, 0.1) is 5.92 Å². The fourth-order valence-corrected chi connectivity index (χ4v) is 1.79. The van der Waals surface area contributed by atoms with Crippen LogP contribution in [0.4, 0.5) is 0 Å². The van der Waals surface area contributed by atoms with Gasteiger partial charge < -0.3 is 5.11 Å². The highest BCUT2D eigenvalue weighted by Gasteiger charge is 2.27. The van der Waals surface area contributed by atoms with Crippen LogP contribution in [0.1, 0.15) is 19.3 Å². The van der Waals surface area contributed by atoms with Crippen LogP contribution in [-0.2, 0) is 0 Å². The largest absolute Gasteiger partial charge is 0.515 e. The summed E-state index contributed by atoms with van der Waals surface area (Å²) in [4.78, 5) is 0. The summed E-state index contributed by atoms with van der Waals surface area (Å²) < 4.78 is 0. The lowest BCUT2D eigenvalue weighted by Gasteiger charge is -2.04. The lowest BCUT2D eigenvalue weighted by Crippen LogP contribution is -1.92. The highest BCUT2D eigenvalue weighted by Crippen LogP contribution is 2.42. The van der Waals surface area contributed by atoms with Crippen molar-refractivity contribution >= 4 is 0 Å². The van der Waals surface area contributed by atoms with Crippen molar-refractivity contribution in [2.45, 2.75) is 19.3 Å². The number of fused-ring (bicyclic) bond motifs is 2. The van der Waals surface area contributed by atoms with Crippen LogP contribution >= 0.6 is 0 Å². The third-order valence-electron chi connectivity index (χ3n) is 2.31. The molecule has 9 heavy (non-hydrogen) atoms. The van der Waals surface area contributed by atoms with E-state index in [2.05, 4.69) is 6.08 Å². The molecule has 1 atom stereocenters. The Bertz CT molecular complexity index is 189. The van der Waals surface area contributed by atoms with Crippen LogP contribution in [0.3, 0.4) is 0 Å². The SMILES string of the molecule is O/C=C1\C=C2CCC1C2. The predicted molar refractivity (Wildman–Crippen MR) is 36.1 cm³/mol. The smallest absolute Gasteiger partial charge is 0.0826 e. The van der Waals surface area contributed by atoms with Gasteiger partial charge in [-0.15, -0.1) is 0 Å². The monoisotopic (exact) mass is 122 g/mol. The van der Waals surface area contributed by atoms with Crippen molar-refractivity contribution in [3.8, 4) is 0 Å². The number of allylic oxidation sites excluding steroid dienone is 3. The summed E-state index contributed by atoms with van der Waals surface area (Å²) in [6, 6.07) is 0. The third kappa shape index (κ3) is 0.607. The lowest BCUT2D eigenvalue weighted by molar-refractivity contribution is 0.458. The Hall–Kier alpha value is -0.720. The van der Waals surface area contributed by atoms with Gasteiger partial charge in [-0.05, 0) is 30.8 Å². The number of aliphatic hydroxyl groups excluding tert-OH is 1. The predicted octanol–water partition coefficient (Wildman–Crippen LogP) is 2.17. The van der Waals surface area contributed by atoms with Gasteiger partial charge in [-0.25, -0.2) is 0 Å². The molecule has 2 aliphatic carbocycles. The summed E-state index contributed by atoms with van der Waals surface area (Å²) in [5.41, 5.74) is 2.68. The fraction of sp³-hybridized carbons (Fsp3) is 0.500. The van der Waals surface area contributed by atoms with Crippen molar-refractivity contribution in [3.63, 3.8) is 0 Å². The molecule has 1 saturated carbocycles. The van der Waals surface area contributed by atoms with Gasteiger partial charge in [-0.2, -0.15) is 0 Å². The summed E-state index contributed by atoms with van der Waals surface area (Å²) in [6.07, 6.45) is 7.14. The molecule has 0 aromatic carbocycles. The average Bonchev–Trinajstić information content (AvgIpc) is 2.45. The van der Waals surface area contributed by atoms with E-state index in [1.165, 1.54) is 31.1 Å². The molecule has 0 aromatic heterocycles. The van der Waals surface area contributed by atoms with Gasteiger partial charge in [0.1, 0.15) is 0 Å². The summed E-state index contributed by atoms with van der Waals surface area (Å²) in [6.45, 7) is 0. The van der Waals surface area contributed by atoms with Crippen molar-refractivity contribution in [2.24, 2.45) is 5.92 Å². The molecule has 0 spiro atoms. The number of rotatable bonds is 0. The van der Waals surface area contributed by atoms with Crippen LogP contribution < -0.4 is 0 Å². The second kappa shape index (κ2) is 1.63. The molecule has 1 nitrogen and oxygen atoms in total. The number of hydrogen-bond donors (Lipinski definition) is 1. The third-order valence-corrected chi connectivity index (χ3v) is 2.31. The Balaban J connectivity index is 2.35. The Kier molecular flexibility index (Phi) is 0.922. The van der Waals surface area contributed by atoms with Crippen LogP contribution in [0.5, 0.6) is 0 Å². The minimum absolute atomic E-state index is 0.671. The zero-order valence-corrected chi connectivity index (χ0v) is 5.30. The maximum atomic E-state index is 8.68. The molecule has 0 aliphatic heterocycles. The van der Waals surface area contributed by atoms with E-state index >= 15 is 0 Å². The first-order valence-electron chi connectivity index (χ1n) is 3.44. The second-order valence-corrected chi connectivity index (χ2v) is 2.87. The molecule has 0 amide bonds. The van der Waals surface area contributed by atoms with E-state index in [9.17, 15) is 0 Å². The highest BCUT2D eigenvalue weighted by molar-refractivity contribution is 5.36. The van der Waals surface area contributed by atoms with Crippen molar-refractivity contribution in [1.82, 2.24) is 0 Å². The van der Waals surface area contributed by atoms with E-state index in [0.29, 0.717) is 5.92 Å². The van der Waals surface area contributed by atoms with Gasteiger partial charge in [-0.1, -0.05) is 11.6 Å². The summed E-state index contributed by atoms with van der Waals surface area (Å²) in [7, 11) is 0. The molecule has 2 bridgehead atoms. The van der Waals surface area contributed by atoms with Crippen LogP contribution in [0.2, 0.25) is 0 Å². The van der Waals surface area contributed by atoms with E-state index in [-0.39, 0.29) is 0 Å². The van der Waals surface area contributed by atoms with Crippen molar-refractivity contribution in [2.75, 3.05) is 0 Å². The zero-order valence-electron chi connectivity index (χ0n) is 5.30. The Morgan fingerprint density at radius 2 is 2.56 bits per heavy atom. The molecule has 1 N–H and O–H groups in total. The molecule has 0 radical (unpaired) electrons. The standard InChI is InChI=1S/C8H10O/c9-5-8-4-6-1-2-7(8)3-6/h4-5,7,9H,1-3H2/b8-5+. The molecule has 1 heteroatoms. The normalized spacial score (nSPS) is 35.8. The average molecular weight is 122 g/mol. The molecule has 2 aliphatic rings. The lowest BCUT2D eigenvalue weighted by atomic mass is 10.0. The molecule has 2 rings (SSSR count). The number of aliphatic hydroxyl groups is 1. The van der Waals surface area contributed by atoms with Gasteiger partial charge in [0.2, 0.25) is 0 Å². The van der Waals surface area contributed by atoms with E-state index in [1.54, 1.807) is 0 Å². The van der Waals surface area contributed by atoms with Crippen LogP contribution in [0.25, 0.3) is 0 Å². The highest BCUT2D eigenvalue weighted by atomic mass is 16.2. The molecule has 1 fully saturated rings. The Labute approximate surface area is 54.7 Å². The first kappa shape index (κ1) is 5.10. The molecule has 0 aromatic rings. The summed E-state index contributed by atoms with van der Waals surface area (Å²) in [5, 5.41) is 8.68. The first-order valence-corrected chi connectivity index (χ1v) is 3.44. The minimum atomic E-state index is 0.671. The maximum Gasteiger partial charge on any atom is 0.0826 e. The van der Waals surface area contributed by atoms with Gasteiger partial charge in [0.25, 0.3) is 0 Å². The molecule has 48 valence electrons. The topological polar surface area (TPSA) is 20.2 Å². The fourth-order valence-electron chi connectivity index (χ4n) is 1.79. The Morgan fingerprint density at radius 3 is 2.89 bits per heavy atom. The zero-order chi connectivity index (χ0) is 6.27. The van der Waals surface area contributed by atoms with Gasteiger partial charge >= 0.3 is 0 Å². The van der Waals surface area contributed by atoms with E-state index in [0.717, 1.165) is 5.57 Å². The van der Waals surface area contributed by atoms with Crippen LogP contribution in [-0.4, -0.2) is 5.11 Å². The molecule has 0 saturated heterocycles. The second-order valence-electron chi connectivity index (χ2n) is 2.87. The molecular formula is C8H10O. The van der Waals surface area contributed by atoms with Crippen molar-refractivity contribution < 1.29 is 5.11 Å². The van der Waals surface area contributed by atoms with E-state index in [1.807, 2.05) is 0 Å². The van der Waals surface area contributed by atoms with Crippen molar-refractivity contribution in [3.05, 3.63) is 23.5 Å². The maximum absolute atomic E-state index is 8.68. The van der Waals surface area contributed by atoms with Gasteiger partial charge in [0.15, 0.2) is 0 Å². The Morgan fingerprint density at radius 1 is 1.67 bits per heavy atom. The van der Waals surface area contributed by atoms with Crippen molar-refractivity contribution in [1.29, 1.82) is 0 Å². The van der Waals surface area contributed by atoms with E-state index < -0.39 is 0 Å². The molecule has 1 unspecified atom stereocenters.